The molecule has 0 radical (unpaired) electrons. The van der Waals surface area contributed by atoms with Crippen molar-refractivity contribution >= 4 is 38.3 Å². The van der Waals surface area contributed by atoms with Crippen molar-refractivity contribution in [1.82, 2.24) is 9.55 Å². The van der Waals surface area contributed by atoms with Gasteiger partial charge in [0.15, 0.2) is 0 Å². The van der Waals surface area contributed by atoms with Gasteiger partial charge in [-0.1, -0.05) is 18.5 Å². The molecular formula is C16H15ClFN3O2S. The number of aryl methyl sites for hydroxylation is 1. The fourth-order valence-corrected chi connectivity index (χ4v) is 4.05. The topological polar surface area (TPSA) is 64.0 Å². The number of pyridine rings is 1. The summed E-state index contributed by atoms with van der Waals surface area (Å²) in [4.78, 5) is 4.38. The van der Waals surface area contributed by atoms with Crippen LogP contribution < -0.4 is 4.72 Å². The van der Waals surface area contributed by atoms with Crippen molar-refractivity contribution in [2.45, 2.75) is 24.8 Å². The summed E-state index contributed by atoms with van der Waals surface area (Å²) in [7, 11) is -3.89. The van der Waals surface area contributed by atoms with Crippen LogP contribution in [0.5, 0.6) is 0 Å². The SMILES string of the molecule is CCCn1cc(S(=O)(=O)Nc2ccc(F)cc2Cl)c2cccnc21. The monoisotopic (exact) mass is 367 g/mol. The van der Waals surface area contributed by atoms with Gasteiger partial charge in [0.05, 0.1) is 10.7 Å². The largest absolute Gasteiger partial charge is 0.331 e. The highest BCUT2D eigenvalue weighted by atomic mass is 35.5. The van der Waals surface area contributed by atoms with E-state index in [4.69, 9.17) is 11.6 Å². The number of aromatic nitrogens is 2. The maximum absolute atomic E-state index is 13.1. The molecule has 0 atom stereocenters. The Bertz CT molecular complexity index is 1000. The molecule has 0 aliphatic heterocycles. The summed E-state index contributed by atoms with van der Waals surface area (Å²) in [6.45, 7) is 2.65. The van der Waals surface area contributed by atoms with Gasteiger partial charge in [-0.05, 0) is 36.8 Å². The summed E-state index contributed by atoms with van der Waals surface area (Å²) in [6, 6.07) is 6.88. The van der Waals surface area contributed by atoms with Crippen LogP contribution in [-0.2, 0) is 16.6 Å². The molecule has 0 saturated carbocycles. The molecule has 8 heteroatoms. The Kier molecular flexibility index (Phi) is 4.47. The number of halogens is 2. The van der Waals surface area contributed by atoms with Crippen LogP contribution in [0.2, 0.25) is 5.02 Å². The van der Waals surface area contributed by atoms with Crippen molar-refractivity contribution in [2.75, 3.05) is 4.72 Å². The predicted molar refractivity (Wildman–Crippen MR) is 92.2 cm³/mol. The lowest BCUT2D eigenvalue weighted by molar-refractivity contribution is 0.600. The highest BCUT2D eigenvalue weighted by Gasteiger charge is 2.22. The molecule has 0 amide bonds. The summed E-state index contributed by atoms with van der Waals surface area (Å²) < 4.78 is 42.9. The smallest absolute Gasteiger partial charge is 0.264 e. The number of nitrogens with one attached hydrogen (secondary N) is 1. The van der Waals surface area contributed by atoms with Crippen molar-refractivity contribution in [2.24, 2.45) is 0 Å². The zero-order valence-corrected chi connectivity index (χ0v) is 14.4. The van der Waals surface area contributed by atoms with Crippen LogP contribution in [0.25, 0.3) is 11.0 Å². The van der Waals surface area contributed by atoms with Crippen molar-refractivity contribution < 1.29 is 12.8 Å². The summed E-state index contributed by atoms with van der Waals surface area (Å²) >= 11 is 5.91. The molecule has 3 aromatic rings. The third-order valence-electron chi connectivity index (χ3n) is 3.53. The number of sulfonamides is 1. The lowest BCUT2D eigenvalue weighted by Crippen LogP contribution is -2.13. The number of fused-ring (bicyclic) bond motifs is 1. The van der Waals surface area contributed by atoms with Gasteiger partial charge in [-0.3, -0.25) is 4.72 Å². The van der Waals surface area contributed by atoms with Gasteiger partial charge in [-0.25, -0.2) is 17.8 Å². The van der Waals surface area contributed by atoms with Crippen LogP contribution in [0, 0.1) is 5.82 Å². The predicted octanol–water partition coefficient (Wildman–Crippen LogP) is 4.04. The molecule has 0 aliphatic rings. The van der Waals surface area contributed by atoms with Gasteiger partial charge in [0.2, 0.25) is 0 Å². The van der Waals surface area contributed by atoms with E-state index in [9.17, 15) is 12.8 Å². The highest BCUT2D eigenvalue weighted by molar-refractivity contribution is 7.93. The molecule has 1 aromatic carbocycles. The average molecular weight is 368 g/mol. The summed E-state index contributed by atoms with van der Waals surface area (Å²) in [5.74, 6) is -0.535. The number of hydrogen-bond acceptors (Lipinski definition) is 3. The molecule has 0 fully saturated rings. The normalized spacial score (nSPS) is 11.8. The first kappa shape index (κ1) is 16.7. The molecule has 5 nitrogen and oxygen atoms in total. The van der Waals surface area contributed by atoms with Gasteiger partial charge < -0.3 is 4.57 Å². The van der Waals surface area contributed by atoms with E-state index in [1.54, 1.807) is 29.1 Å². The molecule has 3 rings (SSSR count). The molecular weight excluding hydrogens is 353 g/mol. The van der Waals surface area contributed by atoms with E-state index in [0.29, 0.717) is 17.6 Å². The molecule has 126 valence electrons. The van der Waals surface area contributed by atoms with Crippen LogP contribution >= 0.6 is 11.6 Å². The van der Waals surface area contributed by atoms with E-state index >= 15 is 0 Å². The molecule has 2 heterocycles. The molecule has 0 unspecified atom stereocenters. The van der Waals surface area contributed by atoms with E-state index in [0.717, 1.165) is 18.6 Å². The Morgan fingerprint density at radius 3 is 2.83 bits per heavy atom. The molecule has 24 heavy (non-hydrogen) atoms. The molecule has 0 bridgehead atoms. The van der Waals surface area contributed by atoms with Crippen molar-refractivity contribution in [3.8, 4) is 0 Å². The molecule has 0 aliphatic carbocycles. The fourth-order valence-electron chi connectivity index (χ4n) is 2.49. The van der Waals surface area contributed by atoms with Gasteiger partial charge in [0, 0.05) is 24.3 Å². The summed E-state index contributed by atoms with van der Waals surface area (Å²) in [6.07, 6.45) is 4.02. The second kappa shape index (κ2) is 6.41. The zero-order valence-electron chi connectivity index (χ0n) is 12.8. The third-order valence-corrected chi connectivity index (χ3v) is 5.23. The first-order chi connectivity index (χ1) is 11.4. The molecule has 1 N–H and O–H groups in total. The quantitative estimate of drug-likeness (QED) is 0.740. The van der Waals surface area contributed by atoms with Crippen molar-refractivity contribution in [1.29, 1.82) is 0 Å². The molecule has 0 saturated heterocycles. The lowest BCUT2D eigenvalue weighted by Gasteiger charge is -2.08. The zero-order chi connectivity index (χ0) is 17.3. The third kappa shape index (κ3) is 3.09. The van der Waals surface area contributed by atoms with E-state index in [2.05, 4.69) is 9.71 Å². The van der Waals surface area contributed by atoms with Crippen molar-refractivity contribution in [3.05, 3.63) is 53.6 Å². The Balaban J connectivity index is 2.08. The van der Waals surface area contributed by atoms with Crippen LogP contribution in [0.4, 0.5) is 10.1 Å². The van der Waals surface area contributed by atoms with E-state index in [-0.39, 0.29) is 15.6 Å². The van der Waals surface area contributed by atoms with Crippen LogP contribution in [-0.4, -0.2) is 18.0 Å². The number of hydrogen-bond donors (Lipinski definition) is 1. The highest BCUT2D eigenvalue weighted by Crippen LogP contribution is 2.29. The maximum atomic E-state index is 13.1. The number of rotatable bonds is 5. The van der Waals surface area contributed by atoms with E-state index in [1.165, 1.54) is 6.07 Å². The van der Waals surface area contributed by atoms with Gasteiger partial charge in [0.1, 0.15) is 16.4 Å². The van der Waals surface area contributed by atoms with E-state index in [1.807, 2.05) is 6.92 Å². The summed E-state index contributed by atoms with van der Waals surface area (Å²) in [5.41, 5.74) is 0.725. The minimum Gasteiger partial charge on any atom is -0.331 e. The van der Waals surface area contributed by atoms with Crippen LogP contribution in [0.15, 0.2) is 47.6 Å². The van der Waals surface area contributed by atoms with Gasteiger partial charge >= 0.3 is 0 Å². The second-order valence-electron chi connectivity index (χ2n) is 5.29. The number of nitrogens with zero attached hydrogens (tertiary/aromatic N) is 2. The Morgan fingerprint density at radius 2 is 2.12 bits per heavy atom. The lowest BCUT2D eigenvalue weighted by atomic mass is 10.3. The second-order valence-corrected chi connectivity index (χ2v) is 7.35. The summed E-state index contributed by atoms with van der Waals surface area (Å²) in [5, 5.41) is 0.519. The first-order valence-electron chi connectivity index (χ1n) is 7.34. The molecule has 0 spiro atoms. The van der Waals surface area contributed by atoms with Crippen molar-refractivity contribution in [3.63, 3.8) is 0 Å². The average Bonchev–Trinajstić information content (AvgIpc) is 2.91. The fraction of sp³-hybridized carbons (Fsp3) is 0.188. The minimum atomic E-state index is -3.89. The van der Waals surface area contributed by atoms with Crippen LogP contribution in [0.1, 0.15) is 13.3 Å². The maximum Gasteiger partial charge on any atom is 0.264 e. The van der Waals surface area contributed by atoms with Gasteiger partial charge in [-0.15, -0.1) is 0 Å². The first-order valence-corrected chi connectivity index (χ1v) is 9.20. The Labute approximate surface area is 144 Å². The van der Waals surface area contributed by atoms with Crippen LogP contribution in [0.3, 0.4) is 0 Å². The molecule has 2 aromatic heterocycles. The minimum absolute atomic E-state index is 0.00556. The standard InChI is InChI=1S/C16H15ClFN3O2S/c1-2-8-21-10-15(12-4-3-7-19-16(12)21)24(22,23)20-14-6-5-11(18)9-13(14)17/h3-7,9-10,20H,2,8H2,1H3. The van der Waals surface area contributed by atoms with Gasteiger partial charge in [-0.2, -0.15) is 0 Å². The van der Waals surface area contributed by atoms with Gasteiger partial charge in [0.25, 0.3) is 10.0 Å². The Hall–Kier alpha value is -2.12. The number of anilines is 1. The number of benzene rings is 1. The Morgan fingerprint density at radius 1 is 1.33 bits per heavy atom. The van der Waals surface area contributed by atoms with E-state index < -0.39 is 15.8 Å².